The predicted octanol–water partition coefficient (Wildman–Crippen LogP) is 0.854. The molecule has 0 aromatic carbocycles. The van der Waals surface area contributed by atoms with Gasteiger partial charge in [0, 0.05) is 19.4 Å². The second kappa shape index (κ2) is 4.41. The van der Waals surface area contributed by atoms with Crippen molar-refractivity contribution in [2.75, 3.05) is 0 Å². The van der Waals surface area contributed by atoms with Crippen molar-refractivity contribution in [2.24, 2.45) is 7.05 Å². The van der Waals surface area contributed by atoms with E-state index in [1.807, 2.05) is 11.6 Å². The lowest BCUT2D eigenvalue weighted by Gasteiger charge is -2.02. The van der Waals surface area contributed by atoms with Crippen LogP contribution in [0.25, 0.3) is 0 Å². The normalized spacial score (nSPS) is 10.5. The van der Waals surface area contributed by atoms with Gasteiger partial charge in [0.2, 0.25) is 0 Å². The van der Waals surface area contributed by atoms with Crippen LogP contribution in [0.2, 0.25) is 0 Å². The van der Waals surface area contributed by atoms with Crippen molar-refractivity contribution < 1.29 is 5.11 Å². The summed E-state index contributed by atoms with van der Waals surface area (Å²) in [4.78, 5) is 12.3. The van der Waals surface area contributed by atoms with Crippen LogP contribution in [0, 0.1) is 0 Å². The fraction of sp³-hybridized carbons (Fsp3) is 0.222. The van der Waals surface area contributed by atoms with Crippen molar-refractivity contribution in [2.45, 2.75) is 16.8 Å². The second-order valence-corrected chi connectivity index (χ2v) is 3.88. The van der Waals surface area contributed by atoms with Gasteiger partial charge >= 0.3 is 0 Å². The fourth-order valence-corrected chi connectivity index (χ4v) is 1.87. The molecule has 0 unspecified atom stereocenters. The van der Waals surface area contributed by atoms with Crippen molar-refractivity contribution in [3.63, 3.8) is 0 Å². The van der Waals surface area contributed by atoms with Crippen molar-refractivity contribution in [1.82, 2.24) is 19.5 Å². The summed E-state index contributed by atoms with van der Waals surface area (Å²) in [7, 11) is 1.86. The van der Waals surface area contributed by atoms with Crippen LogP contribution in [0.15, 0.2) is 35.0 Å². The second-order valence-electron chi connectivity index (χ2n) is 2.89. The van der Waals surface area contributed by atoms with Crippen molar-refractivity contribution in [3.05, 3.63) is 30.5 Å². The Morgan fingerprint density at radius 3 is 2.80 bits per heavy atom. The smallest absolute Gasteiger partial charge is 0.174 e. The van der Waals surface area contributed by atoms with Gasteiger partial charge in [0.25, 0.3) is 0 Å². The average Bonchev–Trinajstić information content (AvgIpc) is 2.62. The van der Waals surface area contributed by atoms with Gasteiger partial charge in [0.05, 0.1) is 24.7 Å². The number of hydrogen-bond acceptors (Lipinski definition) is 5. The highest BCUT2D eigenvalue weighted by atomic mass is 32.2. The topological polar surface area (TPSA) is 63.8 Å². The molecule has 2 aromatic heterocycles. The van der Waals surface area contributed by atoms with Crippen LogP contribution in [0.3, 0.4) is 0 Å². The molecular formula is C9H10N4OS. The van der Waals surface area contributed by atoms with Gasteiger partial charge in [-0.3, -0.25) is 4.98 Å². The van der Waals surface area contributed by atoms with E-state index < -0.39 is 0 Å². The minimum atomic E-state index is -0.00940. The Bertz CT molecular complexity index is 443. The van der Waals surface area contributed by atoms with Crippen LogP contribution in [-0.4, -0.2) is 24.6 Å². The third kappa shape index (κ3) is 2.16. The minimum Gasteiger partial charge on any atom is -0.390 e. The fourth-order valence-electron chi connectivity index (χ4n) is 1.10. The molecular weight excluding hydrogens is 212 g/mol. The number of nitrogens with zero attached hydrogens (tertiary/aromatic N) is 4. The van der Waals surface area contributed by atoms with E-state index >= 15 is 0 Å². The maximum atomic E-state index is 9.00. The molecule has 2 aromatic rings. The molecule has 0 spiro atoms. The van der Waals surface area contributed by atoms with E-state index in [-0.39, 0.29) is 6.61 Å². The maximum absolute atomic E-state index is 9.00. The summed E-state index contributed by atoms with van der Waals surface area (Å²) in [5.41, 5.74) is 0.779. The maximum Gasteiger partial charge on any atom is 0.174 e. The number of aromatic nitrogens is 4. The van der Waals surface area contributed by atoms with E-state index in [9.17, 15) is 0 Å². The summed E-state index contributed by atoms with van der Waals surface area (Å²) < 4.78 is 1.83. The van der Waals surface area contributed by atoms with Crippen LogP contribution in [0.4, 0.5) is 0 Å². The summed E-state index contributed by atoms with van der Waals surface area (Å²) in [5, 5.41) is 10.6. The van der Waals surface area contributed by atoms with E-state index in [0.29, 0.717) is 0 Å². The molecule has 15 heavy (non-hydrogen) atoms. The highest BCUT2D eigenvalue weighted by Gasteiger charge is 2.07. The third-order valence-electron chi connectivity index (χ3n) is 1.94. The quantitative estimate of drug-likeness (QED) is 0.834. The Labute approximate surface area is 91.2 Å². The molecule has 0 atom stereocenters. The van der Waals surface area contributed by atoms with Gasteiger partial charge in [-0.15, -0.1) is 0 Å². The van der Waals surface area contributed by atoms with Crippen LogP contribution < -0.4 is 0 Å². The highest BCUT2D eigenvalue weighted by molar-refractivity contribution is 7.99. The van der Waals surface area contributed by atoms with Gasteiger partial charge in [-0.1, -0.05) is 0 Å². The molecule has 0 saturated carbocycles. The SMILES string of the molecule is Cn1c(CO)cnc1Sc1cnccn1. The predicted molar refractivity (Wildman–Crippen MR) is 55.3 cm³/mol. The molecule has 0 radical (unpaired) electrons. The minimum absolute atomic E-state index is 0.00940. The van der Waals surface area contributed by atoms with Gasteiger partial charge in [-0.2, -0.15) is 0 Å². The number of rotatable bonds is 3. The van der Waals surface area contributed by atoms with Gasteiger partial charge < -0.3 is 9.67 Å². The lowest BCUT2D eigenvalue weighted by Crippen LogP contribution is -1.97. The molecule has 0 aliphatic carbocycles. The molecule has 2 rings (SSSR count). The summed E-state index contributed by atoms with van der Waals surface area (Å²) in [6.45, 7) is -0.00940. The Morgan fingerprint density at radius 1 is 1.33 bits per heavy atom. The van der Waals surface area contributed by atoms with Gasteiger partial charge in [0.1, 0.15) is 5.03 Å². The first kappa shape index (κ1) is 10.1. The number of aliphatic hydroxyl groups excluding tert-OH is 1. The van der Waals surface area contributed by atoms with Crippen molar-refractivity contribution in [1.29, 1.82) is 0 Å². The van der Waals surface area contributed by atoms with Gasteiger partial charge in [-0.25, -0.2) is 9.97 Å². The third-order valence-corrected chi connectivity index (χ3v) is 2.92. The zero-order chi connectivity index (χ0) is 10.7. The Balaban J connectivity index is 2.21. The zero-order valence-electron chi connectivity index (χ0n) is 8.16. The molecule has 0 saturated heterocycles. The molecule has 0 bridgehead atoms. The largest absolute Gasteiger partial charge is 0.390 e. The lowest BCUT2D eigenvalue weighted by atomic mass is 10.5. The van der Waals surface area contributed by atoms with E-state index in [1.54, 1.807) is 24.8 Å². The Morgan fingerprint density at radius 2 is 2.20 bits per heavy atom. The van der Waals surface area contributed by atoms with Gasteiger partial charge in [-0.05, 0) is 11.8 Å². The Kier molecular flexibility index (Phi) is 2.98. The zero-order valence-corrected chi connectivity index (χ0v) is 8.98. The Hall–Kier alpha value is -1.40. The first-order valence-electron chi connectivity index (χ1n) is 4.36. The molecule has 5 nitrogen and oxygen atoms in total. The molecule has 78 valence electrons. The highest BCUT2D eigenvalue weighted by Crippen LogP contribution is 2.23. The molecule has 0 fully saturated rings. The monoisotopic (exact) mass is 222 g/mol. The summed E-state index contributed by atoms with van der Waals surface area (Å²) >= 11 is 1.42. The molecule has 1 N–H and O–H groups in total. The lowest BCUT2D eigenvalue weighted by molar-refractivity contribution is 0.271. The summed E-state index contributed by atoms with van der Waals surface area (Å²) in [6, 6.07) is 0. The van der Waals surface area contributed by atoms with Crippen LogP contribution >= 0.6 is 11.8 Å². The van der Waals surface area contributed by atoms with E-state index in [0.717, 1.165) is 15.9 Å². The summed E-state index contributed by atoms with van der Waals surface area (Å²) in [5.74, 6) is 0. The van der Waals surface area contributed by atoms with Crippen LogP contribution in [0.5, 0.6) is 0 Å². The van der Waals surface area contributed by atoms with E-state index in [4.69, 9.17) is 5.11 Å². The molecule has 2 heterocycles. The number of aliphatic hydroxyl groups is 1. The molecule has 6 heteroatoms. The number of imidazole rings is 1. The van der Waals surface area contributed by atoms with Crippen LogP contribution in [-0.2, 0) is 13.7 Å². The molecule has 0 aliphatic rings. The van der Waals surface area contributed by atoms with E-state index in [1.165, 1.54) is 11.8 Å². The standard InChI is InChI=1S/C9H10N4OS/c1-13-7(6-14)4-12-9(13)15-8-5-10-2-3-11-8/h2-5,14H,6H2,1H3. The van der Waals surface area contributed by atoms with Gasteiger partial charge in [0.15, 0.2) is 5.16 Å². The first-order valence-corrected chi connectivity index (χ1v) is 5.18. The molecule has 0 amide bonds. The van der Waals surface area contributed by atoms with Crippen molar-refractivity contribution in [3.8, 4) is 0 Å². The summed E-state index contributed by atoms with van der Waals surface area (Å²) in [6.07, 6.45) is 6.59. The van der Waals surface area contributed by atoms with Crippen LogP contribution in [0.1, 0.15) is 5.69 Å². The number of hydrogen-bond donors (Lipinski definition) is 1. The first-order chi connectivity index (χ1) is 7.31. The molecule has 0 aliphatic heterocycles. The average molecular weight is 222 g/mol. The van der Waals surface area contributed by atoms with E-state index in [2.05, 4.69) is 15.0 Å². The van der Waals surface area contributed by atoms with Crippen molar-refractivity contribution >= 4 is 11.8 Å².